The number of hydrogen-bond donors (Lipinski definition) is 3. The Morgan fingerprint density at radius 2 is 1.15 bits per heavy atom. The van der Waals surface area contributed by atoms with E-state index in [1.165, 1.54) is 14.2 Å². The summed E-state index contributed by atoms with van der Waals surface area (Å²) in [6.45, 7) is 5.32. The molecule has 2 heterocycles. The Morgan fingerprint density at radius 3 is 1.54 bits per heavy atom. The minimum atomic E-state index is -0.999. The van der Waals surface area contributed by atoms with Crippen molar-refractivity contribution in [2.24, 2.45) is 5.73 Å². The fraction of sp³-hybridized carbons (Fsp3) is 0.381. The first kappa shape index (κ1) is 46.6. The molecule has 0 fully saturated rings. The third kappa shape index (κ3) is 13.7. The number of methoxy groups -OCH3 is 2. The fourth-order valence-corrected chi connectivity index (χ4v) is 7.45. The van der Waals surface area contributed by atoms with Crippen LogP contribution in [0.2, 0.25) is 0 Å². The Bertz CT molecular complexity index is 2120. The first-order chi connectivity index (χ1) is 28.2. The molecule has 2 aromatic heterocycles. The lowest BCUT2D eigenvalue weighted by atomic mass is 9.92. The molecule has 0 aliphatic carbocycles. The van der Waals surface area contributed by atoms with E-state index >= 15 is 0 Å². The minimum Gasteiger partial charge on any atom is -0.481 e. The number of nitrogens with two attached hydrogens (primary N) is 1. The number of nitrogens with zero attached hydrogens (tertiary/aromatic N) is 4. The molecule has 0 radical (unpaired) electrons. The zero-order valence-corrected chi connectivity index (χ0v) is 36.6. The number of ether oxygens (including phenoxy) is 4. The van der Waals surface area contributed by atoms with Gasteiger partial charge in [0.15, 0.2) is 0 Å². The lowest BCUT2D eigenvalue weighted by molar-refractivity contribution is -0.139. The number of aromatic nitrogens is 2. The highest BCUT2D eigenvalue weighted by Crippen LogP contribution is 2.35. The summed E-state index contributed by atoms with van der Waals surface area (Å²) in [5.41, 5.74) is 12.5. The molecule has 17 heteroatoms. The molecule has 0 saturated heterocycles. The van der Waals surface area contributed by atoms with E-state index in [4.69, 9.17) is 24.7 Å². The smallest absolute Gasteiger partial charge is 0.317 e. The molecule has 316 valence electrons. The van der Waals surface area contributed by atoms with Gasteiger partial charge in [0.1, 0.15) is 19.5 Å². The summed E-state index contributed by atoms with van der Waals surface area (Å²) in [7, 11) is 2.98. The number of carbonyl (C=O) groups is 4. The van der Waals surface area contributed by atoms with E-state index in [0.717, 1.165) is 39.7 Å². The maximum Gasteiger partial charge on any atom is 0.317 e. The number of halogens is 2. The number of aliphatic carboxylic acids is 2. The van der Waals surface area contributed by atoms with E-state index in [2.05, 4.69) is 54.0 Å². The Balaban J connectivity index is 1.49. The van der Waals surface area contributed by atoms with Gasteiger partial charge in [-0.1, -0.05) is 36.4 Å². The van der Waals surface area contributed by atoms with Crippen LogP contribution in [0, 0.1) is 13.8 Å². The van der Waals surface area contributed by atoms with Crippen molar-refractivity contribution in [3.8, 4) is 34.6 Å². The Kier molecular flexibility index (Phi) is 18.1. The van der Waals surface area contributed by atoms with Gasteiger partial charge in [0.05, 0.1) is 36.3 Å². The molecule has 59 heavy (non-hydrogen) atoms. The summed E-state index contributed by atoms with van der Waals surface area (Å²) in [4.78, 5) is 57.6. The topological polar surface area (TPSA) is 204 Å². The van der Waals surface area contributed by atoms with Crippen molar-refractivity contribution in [1.29, 1.82) is 0 Å². The number of unbranched alkanes of at least 4 members (excludes halogenated alkanes) is 1. The van der Waals surface area contributed by atoms with Gasteiger partial charge in [-0.05, 0) is 117 Å². The summed E-state index contributed by atoms with van der Waals surface area (Å²) in [5, 5.41) is 18.8. The van der Waals surface area contributed by atoms with Gasteiger partial charge in [-0.3, -0.25) is 24.2 Å². The molecule has 2 aromatic carbocycles. The van der Waals surface area contributed by atoms with Crippen molar-refractivity contribution < 1.29 is 48.3 Å². The summed E-state index contributed by atoms with van der Waals surface area (Å²) in [5.74, 6) is -1.20. The summed E-state index contributed by atoms with van der Waals surface area (Å²) in [6.07, 6.45) is 2.26. The van der Waals surface area contributed by atoms with Crippen LogP contribution in [0.25, 0.3) is 11.1 Å². The number of carbonyl (C=O) groups excluding carboxylic acids is 2. The van der Waals surface area contributed by atoms with E-state index < -0.39 is 17.8 Å². The van der Waals surface area contributed by atoms with Crippen molar-refractivity contribution >= 4 is 56.0 Å². The van der Waals surface area contributed by atoms with Crippen LogP contribution >= 0.6 is 31.9 Å². The molecule has 4 rings (SSSR count). The molecule has 4 N–H and O–H groups in total. The lowest BCUT2D eigenvalue weighted by Crippen LogP contribution is -2.31. The lowest BCUT2D eigenvalue weighted by Gasteiger charge is -2.22. The van der Waals surface area contributed by atoms with Crippen LogP contribution in [0.3, 0.4) is 0 Å². The number of aldehydes is 1. The number of primary amides is 1. The van der Waals surface area contributed by atoms with Crippen LogP contribution in [0.1, 0.15) is 59.1 Å². The first-order valence-electron chi connectivity index (χ1n) is 18.7. The SMILES string of the molecule is COc1nc(OCc2cccc(-c3cccc(COc4nc(OC)c(CN(CCCC(N)=O)CC(=O)O)cc4Br)c3C)c2C)c(Br)cc1CN(CCCC=O)CC(=O)O. The highest BCUT2D eigenvalue weighted by atomic mass is 79.9. The number of rotatable bonds is 25. The maximum atomic E-state index is 11.5. The second-order valence-electron chi connectivity index (χ2n) is 13.7. The Labute approximate surface area is 360 Å². The van der Waals surface area contributed by atoms with Gasteiger partial charge in [-0.2, -0.15) is 9.97 Å². The molecule has 0 spiro atoms. The second-order valence-corrected chi connectivity index (χ2v) is 15.4. The average molecular weight is 944 g/mol. The predicted molar refractivity (Wildman–Crippen MR) is 227 cm³/mol. The van der Waals surface area contributed by atoms with Crippen molar-refractivity contribution in [3.05, 3.63) is 90.9 Å². The highest BCUT2D eigenvalue weighted by Gasteiger charge is 2.20. The minimum absolute atomic E-state index is 0.149. The van der Waals surface area contributed by atoms with Gasteiger partial charge >= 0.3 is 11.9 Å². The highest BCUT2D eigenvalue weighted by molar-refractivity contribution is 9.10. The number of carboxylic acids is 2. The van der Waals surface area contributed by atoms with Crippen LogP contribution < -0.4 is 24.7 Å². The first-order valence-corrected chi connectivity index (χ1v) is 20.3. The van der Waals surface area contributed by atoms with E-state index in [1.807, 2.05) is 38.1 Å². The van der Waals surface area contributed by atoms with Gasteiger partial charge in [-0.25, -0.2) is 0 Å². The van der Waals surface area contributed by atoms with Gasteiger partial charge in [0.25, 0.3) is 0 Å². The molecule has 0 saturated carbocycles. The van der Waals surface area contributed by atoms with E-state index in [0.29, 0.717) is 70.1 Å². The normalized spacial score (nSPS) is 11.1. The van der Waals surface area contributed by atoms with Crippen LogP contribution in [0.5, 0.6) is 23.5 Å². The molecule has 4 aromatic rings. The van der Waals surface area contributed by atoms with Crippen LogP contribution in [-0.2, 0) is 45.5 Å². The fourth-order valence-electron chi connectivity index (χ4n) is 6.49. The standard InChI is InChI=1S/C42H49Br2N5O10/c1-26-28(24-58-41-34(43)18-30(39(46-41)56-3)20-48(22-37(52)53)15-5-6-17-50)10-7-12-32(26)33-13-8-11-29(27(33)2)25-59-42-35(44)19-31(40(47-42)57-4)21-49(23-38(54)55)16-9-14-36(45)51/h7-8,10-13,17-19H,5-6,9,14-16,20-25H2,1-4H3,(H2,45,51)(H,52,53)(H,54,55). The van der Waals surface area contributed by atoms with Crippen molar-refractivity contribution in [3.63, 3.8) is 0 Å². The quantitative estimate of drug-likeness (QED) is 0.0481. The largest absolute Gasteiger partial charge is 0.481 e. The monoisotopic (exact) mass is 941 g/mol. The van der Waals surface area contributed by atoms with Gasteiger partial charge < -0.3 is 39.7 Å². The van der Waals surface area contributed by atoms with Crippen LogP contribution in [0.15, 0.2) is 57.5 Å². The van der Waals surface area contributed by atoms with Crippen LogP contribution in [-0.4, -0.2) is 94.5 Å². The number of hydrogen-bond acceptors (Lipinski definition) is 12. The van der Waals surface area contributed by atoms with Crippen LogP contribution in [0.4, 0.5) is 0 Å². The predicted octanol–water partition coefficient (Wildman–Crippen LogP) is 6.48. The molecule has 0 bridgehead atoms. The molecule has 0 unspecified atom stereocenters. The Hall–Kier alpha value is -5.10. The molecular formula is C42H49Br2N5O10. The Morgan fingerprint density at radius 1 is 0.712 bits per heavy atom. The number of amides is 1. The van der Waals surface area contributed by atoms with E-state index in [-0.39, 0.29) is 51.7 Å². The number of pyridine rings is 2. The van der Waals surface area contributed by atoms with Crippen molar-refractivity contribution in [2.75, 3.05) is 40.4 Å². The van der Waals surface area contributed by atoms with Gasteiger partial charge in [0, 0.05) is 37.1 Å². The van der Waals surface area contributed by atoms with E-state index in [1.54, 1.807) is 21.9 Å². The second kappa shape index (κ2) is 22.9. The van der Waals surface area contributed by atoms with Gasteiger partial charge in [-0.15, -0.1) is 0 Å². The third-order valence-corrected chi connectivity index (χ3v) is 10.6. The summed E-state index contributed by atoms with van der Waals surface area (Å²) >= 11 is 7.13. The molecule has 0 aliphatic heterocycles. The average Bonchev–Trinajstić information content (AvgIpc) is 3.18. The van der Waals surface area contributed by atoms with Crippen molar-refractivity contribution in [1.82, 2.24) is 19.8 Å². The van der Waals surface area contributed by atoms with Gasteiger partial charge in [0.2, 0.25) is 29.4 Å². The number of benzene rings is 2. The number of carboxylic acid groups (broad SMARTS) is 2. The zero-order chi connectivity index (χ0) is 43.1. The molecule has 0 aliphatic rings. The molecule has 0 atom stereocenters. The summed E-state index contributed by atoms with van der Waals surface area (Å²) in [6, 6.07) is 15.6. The molecule has 15 nitrogen and oxygen atoms in total. The van der Waals surface area contributed by atoms with Crippen molar-refractivity contribution in [2.45, 2.75) is 65.8 Å². The summed E-state index contributed by atoms with van der Waals surface area (Å²) < 4.78 is 24.7. The molecular weight excluding hydrogens is 894 g/mol. The zero-order valence-electron chi connectivity index (χ0n) is 33.5. The maximum absolute atomic E-state index is 11.5. The molecule has 1 amide bonds. The van der Waals surface area contributed by atoms with E-state index in [9.17, 15) is 29.4 Å². The third-order valence-electron chi connectivity index (χ3n) is 9.46.